The summed E-state index contributed by atoms with van der Waals surface area (Å²) in [6.07, 6.45) is 0.827. The second kappa shape index (κ2) is 5.09. The van der Waals surface area contributed by atoms with Gasteiger partial charge in [-0.15, -0.1) is 0 Å². The maximum atomic E-state index is 11.3. The van der Waals surface area contributed by atoms with Gasteiger partial charge in [-0.3, -0.25) is 0 Å². The lowest BCUT2D eigenvalue weighted by molar-refractivity contribution is 0.0634. The van der Waals surface area contributed by atoms with Gasteiger partial charge in [-0.25, -0.2) is 29.1 Å². The van der Waals surface area contributed by atoms with Crippen molar-refractivity contribution in [1.29, 1.82) is 0 Å². The monoisotopic (exact) mass is 306 g/mol. The number of nitrogens with zero attached hydrogens (tertiary/aromatic N) is 2. The Labute approximate surface area is 120 Å². The van der Waals surface area contributed by atoms with Crippen LogP contribution in [0.15, 0.2) is 12.3 Å². The minimum atomic E-state index is -1.75. The molecule has 1 heterocycles. The molecule has 0 fully saturated rings. The molecule has 0 saturated carbocycles. The van der Waals surface area contributed by atoms with E-state index < -0.39 is 46.4 Å². The Hall–Kier alpha value is -3.56. The molecule has 0 aliphatic carbocycles. The van der Waals surface area contributed by atoms with Crippen LogP contribution in [0.2, 0.25) is 0 Å². The average molecular weight is 306 g/mol. The maximum absolute atomic E-state index is 11.3. The summed E-state index contributed by atoms with van der Waals surface area (Å²) < 4.78 is 0. The molecule has 2 aromatic rings. The van der Waals surface area contributed by atoms with E-state index in [-0.39, 0.29) is 10.9 Å². The van der Waals surface area contributed by atoms with Crippen molar-refractivity contribution < 1.29 is 39.6 Å². The van der Waals surface area contributed by atoms with Crippen molar-refractivity contribution in [3.05, 3.63) is 34.8 Å². The summed E-state index contributed by atoms with van der Waals surface area (Å²) in [5, 5.41) is 35.8. The fourth-order valence-electron chi connectivity index (χ4n) is 1.89. The molecule has 0 saturated heterocycles. The number of benzene rings is 1. The van der Waals surface area contributed by atoms with Crippen LogP contribution in [0.1, 0.15) is 41.7 Å². The van der Waals surface area contributed by atoms with Gasteiger partial charge in [0.2, 0.25) is 5.82 Å². The molecule has 22 heavy (non-hydrogen) atoms. The van der Waals surface area contributed by atoms with Gasteiger partial charge in [0.25, 0.3) is 0 Å². The van der Waals surface area contributed by atoms with Crippen molar-refractivity contribution in [2.24, 2.45) is 0 Å². The van der Waals surface area contributed by atoms with E-state index in [9.17, 15) is 19.2 Å². The molecule has 0 aliphatic rings. The molecule has 0 aliphatic heterocycles. The fourth-order valence-corrected chi connectivity index (χ4v) is 1.89. The van der Waals surface area contributed by atoms with Gasteiger partial charge in [0, 0.05) is 11.6 Å². The highest BCUT2D eigenvalue weighted by molar-refractivity contribution is 6.16. The largest absolute Gasteiger partial charge is 0.478 e. The van der Waals surface area contributed by atoms with Gasteiger partial charge in [-0.05, 0) is 6.07 Å². The number of hydrogen-bond acceptors (Lipinski definition) is 6. The van der Waals surface area contributed by atoms with Gasteiger partial charge in [-0.2, -0.15) is 0 Å². The Bertz CT molecular complexity index is 858. The second-order valence-corrected chi connectivity index (χ2v) is 4.02. The van der Waals surface area contributed by atoms with Crippen LogP contribution in [-0.4, -0.2) is 54.3 Å². The molecule has 10 heteroatoms. The number of fused-ring (bicyclic) bond motifs is 1. The highest BCUT2D eigenvalue weighted by atomic mass is 16.4. The van der Waals surface area contributed by atoms with Gasteiger partial charge < -0.3 is 20.4 Å². The third-order valence-electron chi connectivity index (χ3n) is 2.74. The lowest BCUT2D eigenvalue weighted by atomic mass is 9.97. The Morgan fingerprint density at radius 1 is 0.818 bits per heavy atom. The molecule has 1 aromatic carbocycles. The van der Waals surface area contributed by atoms with E-state index in [1.807, 2.05) is 0 Å². The Kier molecular flexibility index (Phi) is 3.43. The van der Waals surface area contributed by atoms with Crippen LogP contribution in [0.25, 0.3) is 10.9 Å². The highest BCUT2D eigenvalue weighted by Crippen LogP contribution is 2.25. The molecular formula is C12H6N2O8. The first kappa shape index (κ1) is 14.8. The molecule has 0 amide bonds. The molecular weight excluding hydrogens is 300 g/mol. The molecule has 0 atom stereocenters. The third kappa shape index (κ3) is 2.28. The molecule has 0 unspecified atom stereocenters. The Balaban J connectivity index is 3.02. The van der Waals surface area contributed by atoms with Gasteiger partial charge in [0.05, 0.1) is 22.2 Å². The number of carboxylic acids is 4. The number of aromatic nitrogens is 2. The zero-order valence-corrected chi connectivity index (χ0v) is 10.5. The van der Waals surface area contributed by atoms with E-state index in [1.54, 1.807) is 0 Å². The summed E-state index contributed by atoms with van der Waals surface area (Å²) in [5.41, 5.74) is -2.86. The maximum Gasteiger partial charge on any atom is 0.373 e. The van der Waals surface area contributed by atoms with E-state index in [0.29, 0.717) is 0 Å². The first-order chi connectivity index (χ1) is 10.2. The van der Waals surface area contributed by atoms with Crippen molar-refractivity contribution in [2.75, 3.05) is 0 Å². The Morgan fingerprint density at radius 3 is 1.86 bits per heavy atom. The van der Waals surface area contributed by atoms with Crippen molar-refractivity contribution >= 4 is 34.8 Å². The lowest BCUT2D eigenvalue weighted by Crippen LogP contribution is -2.16. The summed E-state index contributed by atoms with van der Waals surface area (Å²) in [4.78, 5) is 51.4. The van der Waals surface area contributed by atoms with Crippen LogP contribution in [0.3, 0.4) is 0 Å². The van der Waals surface area contributed by atoms with Crippen molar-refractivity contribution in [1.82, 2.24) is 9.97 Å². The van der Waals surface area contributed by atoms with E-state index >= 15 is 0 Å². The normalized spacial score (nSPS) is 10.4. The first-order valence-corrected chi connectivity index (χ1v) is 5.51. The summed E-state index contributed by atoms with van der Waals surface area (Å²) >= 11 is 0. The molecule has 0 bridgehead atoms. The number of carboxylic acid groups (broad SMARTS) is 4. The van der Waals surface area contributed by atoms with Crippen molar-refractivity contribution in [2.45, 2.75) is 0 Å². The van der Waals surface area contributed by atoms with Crippen LogP contribution in [-0.2, 0) is 0 Å². The summed E-state index contributed by atoms with van der Waals surface area (Å²) in [6.45, 7) is 0. The van der Waals surface area contributed by atoms with E-state index in [1.165, 1.54) is 0 Å². The SMILES string of the molecule is O=C(O)c1ncc2c(C(=O)O)c(C(=O)O)c(C(=O)O)cc2n1. The topological polar surface area (TPSA) is 175 Å². The number of carbonyl (C=O) groups is 4. The number of hydrogen-bond donors (Lipinski definition) is 4. The van der Waals surface area contributed by atoms with Gasteiger partial charge in [0.1, 0.15) is 0 Å². The van der Waals surface area contributed by atoms with Crippen LogP contribution < -0.4 is 0 Å². The number of rotatable bonds is 4. The highest BCUT2D eigenvalue weighted by Gasteiger charge is 2.28. The molecule has 2 rings (SSSR count). The minimum absolute atomic E-state index is 0.278. The fraction of sp³-hybridized carbons (Fsp3) is 0. The van der Waals surface area contributed by atoms with E-state index in [0.717, 1.165) is 12.3 Å². The zero-order valence-electron chi connectivity index (χ0n) is 10.5. The average Bonchev–Trinajstić information content (AvgIpc) is 2.43. The van der Waals surface area contributed by atoms with E-state index in [2.05, 4.69) is 9.97 Å². The van der Waals surface area contributed by atoms with Crippen LogP contribution >= 0.6 is 0 Å². The molecule has 4 N–H and O–H groups in total. The lowest BCUT2D eigenvalue weighted by Gasteiger charge is -2.09. The van der Waals surface area contributed by atoms with Crippen LogP contribution in [0.5, 0.6) is 0 Å². The number of aromatic carboxylic acids is 4. The molecule has 112 valence electrons. The standard InChI is InChI=1S/C12H6N2O8/c15-9(16)3-1-5-4(2-13-8(14-5)12(21)22)7(11(19)20)6(3)10(17)18/h1-2H,(H,15,16)(H,17,18)(H,19,20)(H,21,22). The molecule has 0 radical (unpaired) electrons. The zero-order chi connectivity index (χ0) is 16.6. The quantitative estimate of drug-likeness (QED) is 0.619. The first-order valence-electron chi connectivity index (χ1n) is 5.51. The molecule has 1 aromatic heterocycles. The van der Waals surface area contributed by atoms with Crippen LogP contribution in [0, 0.1) is 0 Å². The van der Waals surface area contributed by atoms with Crippen molar-refractivity contribution in [3.8, 4) is 0 Å². The summed E-state index contributed by atoms with van der Waals surface area (Å²) in [7, 11) is 0. The second-order valence-electron chi connectivity index (χ2n) is 4.02. The minimum Gasteiger partial charge on any atom is -0.478 e. The smallest absolute Gasteiger partial charge is 0.373 e. The van der Waals surface area contributed by atoms with Crippen molar-refractivity contribution in [3.63, 3.8) is 0 Å². The van der Waals surface area contributed by atoms with E-state index in [4.69, 9.17) is 20.4 Å². The van der Waals surface area contributed by atoms with Crippen LogP contribution in [0.4, 0.5) is 0 Å². The molecule has 0 spiro atoms. The summed E-state index contributed by atoms with van der Waals surface area (Å²) in [5.74, 6) is -7.31. The third-order valence-corrected chi connectivity index (χ3v) is 2.74. The summed E-state index contributed by atoms with van der Waals surface area (Å²) in [6, 6.07) is 0.793. The predicted octanol–water partition coefficient (Wildman–Crippen LogP) is 0.423. The van der Waals surface area contributed by atoms with Gasteiger partial charge >= 0.3 is 23.9 Å². The predicted molar refractivity (Wildman–Crippen MR) is 67.4 cm³/mol. The molecule has 10 nitrogen and oxygen atoms in total. The van der Waals surface area contributed by atoms with Gasteiger partial charge in [-0.1, -0.05) is 0 Å². The Morgan fingerprint density at radius 2 is 1.41 bits per heavy atom. The van der Waals surface area contributed by atoms with Gasteiger partial charge in [0.15, 0.2) is 0 Å².